The highest BCUT2D eigenvalue weighted by molar-refractivity contribution is 5.88. The van der Waals surface area contributed by atoms with E-state index in [2.05, 4.69) is 75.7 Å². The van der Waals surface area contributed by atoms with Gasteiger partial charge in [-0.1, -0.05) is 30.3 Å². The zero-order chi connectivity index (χ0) is 22.9. The second kappa shape index (κ2) is 8.96. The molecular weight excluding hydrogens is 426 g/mol. The molecule has 2 fully saturated rings. The van der Waals surface area contributed by atoms with Crippen molar-refractivity contribution in [2.24, 2.45) is 0 Å². The minimum Gasteiger partial charge on any atom is -0.369 e. The van der Waals surface area contributed by atoms with Gasteiger partial charge in [-0.3, -0.25) is 4.84 Å². The molecule has 2 aliphatic heterocycles. The van der Waals surface area contributed by atoms with Crippen LogP contribution >= 0.6 is 0 Å². The molecule has 0 amide bonds. The van der Waals surface area contributed by atoms with Gasteiger partial charge in [-0.2, -0.15) is 9.97 Å². The van der Waals surface area contributed by atoms with E-state index in [0.29, 0.717) is 12.6 Å². The van der Waals surface area contributed by atoms with Gasteiger partial charge in [0, 0.05) is 50.2 Å². The summed E-state index contributed by atoms with van der Waals surface area (Å²) in [5, 5.41) is 6.27. The molecule has 4 heterocycles. The number of aromatic amines is 1. The smallest absolute Gasteiger partial charge is 0.231 e. The lowest BCUT2D eigenvalue weighted by Gasteiger charge is -2.34. The lowest BCUT2D eigenvalue weighted by Crippen LogP contribution is -2.44. The molecule has 1 unspecified atom stereocenters. The molecule has 0 spiro atoms. The molecule has 8 heteroatoms. The van der Waals surface area contributed by atoms with Gasteiger partial charge in [0.2, 0.25) is 5.95 Å². The third kappa shape index (κ3) is 4.06. The fraction of sp³-hybridized carbons (Fsp3) is 0.308. The van der Waals surface area contributed by atoms with Gasteiger partial charge in [-0.05, 0) is 42.9 Å². The van der Waals surface area contributed by atoms with Crippen LogP contribution in [0.5, 0.6) is 0 Å². The van der Waals surface area contributed by atoms with Gasteiger partial charge in [0.05, 0.1) is 18.0 Å². The Kier molecular flexibility index (Phi) is 5.52. The summed E-state index contributed by atoms with van der Waals surface area (Å²) in [7, 11) is 2.18. The highest BCUT2D eigenvalue weighted by Gasteiger charge is 2.31. The number of rotatable bonds is 5. The fourth-order valence-corrected chi connectivity index (χ4v) is 4.75. The Labute approximate surface area is 199 Å². The summed E-state index contributed by atoms with van der Waals surface area (Å²) in [4.78, 5) is 23.7. The second-order valence-corrected chi connectivity index (χ2v) is 8.95. The number of piperazine rings is 1. The second-order valence-electron chi connectivity index (χ2n) is 8.95. The van der Waals surface area contributed by atoms with Crippen molar-refractivity contribution in [2.75, 3.05) is 55.1 Å². The monoisotopic (exact) mass is 455 g/mol. The van der Waals surface area contributed by atoms with Crippen molar-refractivity contribution < 1.29 is 4.84 Å². The maximum Gasteiger partial charge on any atom is 0.231 e. The van der Waals surface area contributed by atoms with Gasteiger partial charge in [-0.15, -0.1) is 0 Å². The lowest BCUT2D eigenvalue weighted by molar-refractivity contribution is 0.157. The summed E-state index contributed by atoms with van der Waals surface area (Å²) >= 11 is 0. The van der Waals surface area contributed by atoms with Crippen molar-refractivity contribution in [3.63, 3.8) is 0 Å². The number of fused-ring (bicyclic) bond motifs is 1. The van der Waals surface area contributed by atoms with E-state index in [9.17, 15) is 0 Å². The summed E-state index contributed by atoms with van der Waals surface area (Å²) in [6.45, 7) is 4.95. The van der Waals surface area contributed by atoms with E-state index in [4.69, 9.17) is 14.8 Å². The van der Waals surface area contributed by atoms with E-state index in [1.54, 1.807) is 0 Å². The maximum atomic E-state index is 6.07. The lowest BCUT2D eigenvalue weighted by atomic mass is 10.0. The van der Waals surface area contributed by atoms with Crippen molar-refractivity contribution in [2.45, 2.75) is 12.5 Å². The van der Waals surface area contributed by atoms with E-state index in [-0.39, 0.29) is 6.04 Å². The van der Waals surface area contributed by atoms with Crippen LogP contribution in [0.1, 0.15) is 18.0 Å². The molecule has 4 aromatic rings. The predicted octanol–water partition coefficient (Wildman–Crippen LogP) is 4.34. The van der Waals surface area contributed by atoms with Crippen LogP contribution in [0.15, 0.2) is 66.9 Å². The number of benzene rings is 2. The van der Waals surface area contributed by atoms with E-state index in [1.807, 2.05) is 23.4 Å². The van der Waals surface area contributed by atoms with Gasteiger partial charge in [0.15, 0.2) is 5.82 Å². The normalized spacial score (nSPS) is 19.1. The zero-order valence-electron chi connectivity index (χ0n) is 19.3. The number of H-pyrrole nitrogens is 1. The van der Waals surface area contributed by atoms with Gasteiger partial charge in [0.25, 0.3) is 0 Å². The molecule has 8 nitrogen and oxygen atoms in total. The molecule has 0 radical (unpaired) electrons. The minimum atomic E-state index is 0.116. The number of hydrogen-bond donors (Lipinski definition) is 2. The fourth-order valence-electron chi connectivity index (χ4n) is 4.75. The Morgan fingerprint density at radius 3 is 2.53 bits per heavy atom. The van der Waals surface area contributed by atoms with Crippen molar-refractivity contribution >= 4 is 34.2 Å². The first-order valence-corrected chi connectivity index (χ1v) is 11.9. The summed E-state index contributed by atoms with van der Waals surface area (Å²) in [6.07, 6.45) is 2.81. The number of nitrogens with one attached hydrogen (secondary N) is 2. The predicted molar refractivity (Wildman–Crippen MR) is 136 cm³/mol. The first kappa shape index (κ1) is 20.9. The number of anilines is 4. The van der Waals surface area contributed by atoms with Crippen LogP contribution in [0.2, 0.25) is 0 Å². The molecule has 174 valence electrons. The molecule has 2 saturated heterocycles. The van der Waals surface area contributed by atoms with Crippen molar-refractivity contribution in [1.82, 2.24) is 19.9 Å². The number of likely N-dealkylation sites (N-methyl/N-ethyl adjacent to an activating group) is 1. The van der Waals surface area contributed by atoms with Crippen molar-refractivity contribution in [3.8, 4) is 0 Å². The SMILES string of the molecule is CN1CCN(c2ccc(Nc3nc(N4OCCC4c4ccccc4)c4cc[nH]c4n3)cc2)CC1. The average molecular weight is 456 g/mol. The molecule has 34 heavy (non-hydrogen) atoms. The van der Waals surface area contributed by atoms with Gasteiger partial charge in [0.1, 0.15) is 5.65 Å². The summed E-state index contributed by atoms with van der Waals surface area (Å²) < 4.78 is 0. The molecule has 0 aliphatic carbocycles. The highest BCUT2D eigenvalue weighted by Crippen LogP contribution is 2.37. The number of hydroxylamine groups is 1. The topological polar surface area (TPSA) is 72.6 Å². The van der Waals surface area contributed by atoms with E-state index < -0.39 is 0 Å². The number of hydrogen-bond acceptors (Lipinski definition) is 7. The Morgan fingerprint density at radius 2 is 1.74 bits per heavy atom. The van der Waals surface area contributed by atoms with Crippen LogP contribution in [0, 0.1) is 0 Å². The maximum absolute atomic E-state index is 6.07. The van der Waals surface area contributed by atoms with Crippen LogP contribution in [0.25, 0.3) is 11.0 Å². The van der Waals surface area contributed by atoms with Crippen LogP contribution in [0.4, 0.5) is 23.1 Å². The quantitative estimate of drug-likeness (QED) is 0.464. The van der Waals surface area contributed by atoms with E-state index >= 15 is 0 Å². The van der Waals surface area contributed by atoms with Gasteiger partial charge in [-0.25, -0.2) is 5.06 Å². The summed E-state index contributed by atoms with van der Waals surface area (Å²) in [5.41, 5.74) is 4.20. The summed E-state index contributed by atoms with van der Waals surface area (Å²) in [5.74, 6) is 1.31. The van der Waals surface area contributed by atoms with Crippen LogP contribution in [0.3, 0.4) is 0 Å². The highest BCUT2D eigenvalue weighted by atomic mass is 16.7. The number of nitrogens with zero attached hydrogens (tertiary/aromatic N) is 5. The average Bonchev–Trinajstić information content (AvgIpc) is 3.55. The number of aromatic nitrogens is 3. The van der Waals surface area contributed by atoms with Crippen LogP contribution in [-0.2, 0) is 4.84 Å². The van der Waals surface area contributed by atoms with Crippen LogP contribution < -0.4 is 15.3 Å². The first-order chi connectivity index (χ1) is 16.7. The molecule has 2 aliphatic rings. The minimum absolute atomic E-state index is 0.116. The van der Waals surface area contributed by atoms with Crippen molar-refractivity contribution in [1.29, 1.82) is 0 Å². The molecule has 0 saturated carbocycles. The third-order valence-electron chi connectivity index (χ3n) is 6.69. The third-order valence-corrected chi connectivity index (χ3v) is 6.69. The molecule has 2 aromatic carbocycles. The molecule has 0 bridgehead atoms. The zero-order valence-corrected chi connectivity index (χ0v) is 19.3. The van der Waals surface area contributed by atoms with E-state index in [1.165, 1.54) is 11.3 Å². The largest absolute Gasteiger partial charge is 0.369 e. The van der Waals surface area contributed by atoms with Gasteiger partial charge < -0.3 is 20.1 Å². The van der Waals surface area contributed by atoms with Crippen LogP contribution in [-0.4, -0.2) is 59.7 Å². The summed E-state index contributed by atoms with van der Waals surface area (Å²) in [6, 6.07) is 21.1. The Morgan fingerprint density at radius 1 is 0.941 bits per heavy atom. The molecule has 2 N–H and O–H groups in total. The Hall–Kier alpha value is -3.62. The molecule has 2 aromatic heterocycles. The Bertz CT molecular complexity index is 1250. The van der Waals surface area contributed by atoms with Crippen molar-refractivity contribution in [3.05, 3.63) is 72.4 Å². The van der Waals surface area contributed by atoms with Gasteiger partial charge >= 0.3 is 0 Å². The standard InChI is InChI=1S/C26H29N7O/c1-31-14-16-32(17-15-31)21-9-7-20(8-10-21)28-26-29-24-22(11-13-27-24)25(30-26)33-23(12-18-34-33)19-5-3-2-4-6-19/h2-11,13,23H,12,14-18H2,1H3,(H2,27,28,29,30). The molecule has 6 rings (SSSR count). The Balaban J connectivity index is 1.27. The first-order valence-electron chi connectivity index (χ1n) is 11.9. The molecule has 1 atom stereocenters. The molecular formula is C26H29N7O. The van der Waals surface area contributed by atoms with E-state index in [0.717, 1.165) is 55.1 Å².